The predicted molar refractivity (Wildman–Crippen MR) is 128 cm³/mol. The molecule has 1 saturated heterocycles. The third kappa shape index (κ3) is 4.97. The van der Waals surface area contributed by atoms with E-state index < -0.39 is 0 Å². The molecule has 1 aliphatic rings. The Morgan fingerprint density at radius 3 is 2.25 bits per heavy atom. The summed E-state index contributed by atoms with van der Waals surface area (Å²) >= 11 is 6.45. The fraction of sp³-hybridized carbons (Fsp3) is 0.227. The smallest absolute Gasteiger partial charge is 0.266 e. The van der Waals surface area contributed by atoms with Gasteiger partial charge >= 0.3 is 0 Å². The molecule has 3 rings (SSSR count). The normalized spacial score (nSPS) is 14.5. The van der Waals surface area contributed by atoms with E-state index in [1.165, 1.54) is 33.3 Å². The highest BCUT2D eigenvalue weighted by atomic mass is 32.2. The quantitative estimate of drug-likeness (QED) is 0.459. The van der Waals surface area contributed by atoms with Crippen LogP contribution in [0.2, 0.25) is 0 Å². The Labute approximate surface area is 195 Å². The number of anilines is 1. The standard InChI is InChI=1S/C22H22N2O6S2/c1-27-15-8-6-5-7-14(15)23-19(25)12-24-21(26)18(32-22(24)31)11-13-9-16(28-2)20(30-4)17(10-13)29-3/h5-11H,12H2,1-4H3,(H,23,25). The van der Waals surface area contributed by atoms with Crippen molar-refractivity contribution in [2.45, 2.75) is 0 Å². The van der Waals surface area contributed by atoms with Crippen LogP contribution in [0.3, 0.4) is 0 Å². The summed E-state index contributed by atoms with van der Waals surface area (Å²) in [4.78, 5) is 27.1. The lowest BCUT2D eigenvalue weighted by molar-refractivity contribution is -0.126. The van der Waals surface area contributed by atoms with Gasteiger partial charge in [0.1, 0.15) is 16.6 Å². The number of nitrogens with zero attached hydrogens (tertiary/aromatic N) is 1. The van der Waals surface area contributed by atoms with Gasteiger partial charge in [0.25, 0.3) is 5.91 Å². The maximum Gasteiger partial charge on any atom is 0.266 e. The van der Waals surface area contributed by atoms with Crippen molar-refractivity contribution in [2.24, 2.45) is 0 Å². The third-order valence-electron chi connectivity index (χ3n) is 4.54. The monoisotopic (exact) mass is 474 g/mol. The van der Waals surface area contributed by atoms with Gasteiger partial charge in [-0.3, -0.25) is 14.5 Å². The van der Waals surface area contributed by atoms with Crippen molar-refractivity contribution in [3.8, 4) is 23.0 Å². The van der Waals surface area contributed by atoms with Crippen molar-refractivity contribution in [2.75, 3.05) is 40.3 Å². The Morgan fingerprint density at radius 1 is 1.03 bits per heavy atom. The summed E-state index contributed by atoms with van der Waals surface area (Å²) in [6.45, 7) is -0.213. The number of methoxy groups -OCH3 is 4. The Balaban J connectivity index is 1.78. The highest BCUT2D eigenvalue weighted by Gasteiger charge is 2.33. The minimum absolute atomic E-state index is 0.213. The highest BCUT2D eigenvalue weighted by Crippen LogP contribution is 2.40. The van der Waals surface area contributed by atoms with Crippen LogP contribution in [-0.4, -0.2) is 56.0 Å². The lowest BCUT2D eigenvalue weighted by Crippen LogP contribution is -2.36. The van der Waals surface area contributed by atoms with Crippen LogP contribution in [0.1, 0.15) is 5.56 Å². The zero-order valence-corrected chi connectivity index (χ0v) is 19.6. The molecule has 8 nitrogen and oxygen atoms in total. The van der Waals surface area contributed by atoms with Gasteiger partial charge in [0.2, 0.25) is 11.7 Å². The molecule has 2 amide bonds. The van der Waals surface area contributed by atoms with E-state index in [2.05, 4.69) is 5.32 Å². The zero-order valence-electron chi connectivity index (χ0n) is 18.0. The van der Waals surface area contributed by atoms with Gasteiger partial charge in [-0.05, 0) is 35.9 Å². The van der Waals surface area contributed by atoms with Crippen LogP contribution in [0.15, 0.2) is 41.3 Å². The van der Waals surface area contributed by atoms with E-state index >= 15 is 0 Å². The van der Waals surface area contributed by atoms with Crippen LogP contribution in [0, 0.1) is 0 Å². The maximum absolute atomic E-state index is 12.9. The maximum atomic E-state index is 12.9. The average Bonchev–Trinajstić information content (AvgIpc) is 3.05. The Bertz CT molecular complexity index is 1060. The van der Waals surface area contributed by atoms with Crippen molar-refractivity contribution in [3.63, 3.8) is 0 Å². The largest absolute Gasteiger partial charge is 0.495 e. The average molecular weight is 475 g/mol. The van der Waals surface area contributed by atoms with Crippen LogP contribution in [0.25, 0.3) is 6.08 Å². The summed E-state index contributed by atoms with van der Waals surface area (Å²) in [6.07, 6.45) is 1.67. The summed E-state index contributed by atoms with van der Waals surface area (Å²) < 4.78 is 21.6. The van der Waals surface area contributed by atoms with Crippen molar-refractivity contribution in [3.05, 3.63) is 46.9 Å². The summed E-state index contributed by atoms with van der Waals surface area (Å²) in [6, 6.07) is 10.5. The summed E-state index contributed by atoms with van der Waals surface area (Å²) in [7, 11) is 6.06. The number of thioether (sulfide) groups is 1. The molecule has 1 aliphatic heterocycles. The zero-order chi connectivity index (χ0) is 23.3. The van der Waals surface area contributed by atoms with Gasteiger partial charge in [0.05, 0.1) is 39.0 Å². The van der Waals surface area contributed by atoms with Crippen LogP contribution in [-0.2, 0) is 9.59 Å². The van der Waals surface area contributed by atoms with E-state index in [4.69, 9.17) is 31.2 Å². The van der Waals surface area contributed by atoms with Crippen molar-refractivity contribution in [1.29, 1.82) is 0 Å². The van der Waals surface area contributed by atoms with E-state index in [0.29, 0.717) is 43.5 Å². The van der Waals surface area contributed by atoms with E-state index in [-0.39, 0.29) is 18.4 Å². The number of nitrogens with one attached hydrogen (secondary N) is 1. The minimum atomic E-state index is -0.389. The minimum Gasteiger partial charge on any atom is -0.495 e. The number of carbonyl (C=O) groups is 2. The van der Waals surface area contributed by atoms with Gasteiger partial charge in [0, 0.05) is 0 Å². The van der Waals surface area contributed by atoms with Gasteiger partial charge in [-0.1, -0.05) is 36.1 Å². The number of benzene rings is 2. The second-order valence-electron chi connectivity index (χ2n) is 6.47. The van der Waals surface area contributed by atoms with Crippen LogP contribution >= 0.6 is 24.0 Å². The first-order valence-electron chi connectivity index (χ1n) is 9.40. The van der Waals surface area contributed by atoms with E-state index in [1.54, 1.807) is 42.5 Å². The van der Waals surface area contributed by atoms with Crippen molar-refractivity contribution in [1.82, 2.24) is 4.90 Å². The first-order valence-corrected chi connectivity index (χ1v) is 10.6. The van der Waals surface area contributed by atoms with Gasteiger partial charge < -0.3 is 24.3 Å². The van der Waals surface area contributed by atoms with Gasteiger partial charge in [-0.2, -0.15) is 0 Å². The molecule has 0 aromatic heterocycles. The predicted octanol–water partition coefficient (Wildman–Crippen LogP) is 3.56. The lowest BCUT2D eigenvalue weighted by atomic mass is 10.1. The molecular weight excluding hydrogens is 452 g/mol. The number of rotatable bonds is 8. The molecule has 0 spiro atoms. The number of thiocarbonyl (C=S) groups is 1. The molecule has 0 aliphatic carbocycles. The molecule has 0 unspecified atom stereocenters. The lowest BCUT2D eigenvalue weighted by Gasteiger charge is -2.15. The number of carbonyl (C=O) groups excluding carboxylic acids is 2. The SMILES string of the molecule is COc1ccccc1NC(=O)CN1C(=O)C(=Cc2cc(OC)c(OC)c(OC)c2)SC1=S. The fourth-order valence-electron chi connectivity index (χ4n) is 3.05. The van der Waals surface area contributed by atoms with E-state index in [9.17, 15) is 9.59 Å². The van der Waals surface area contributed by atoms with Crippen molar-refractivity contribution < 1.29 is 28.5 Å². The molecule has 0 atom stereocenters. The van der Waals surface area contributed by atoms with Crippen LogP contribution in [0.4, 0.5) is 5.69 Å². The summed E-state index contributed by atoms with van der Waals surface area (Å²) in [5.41, 5.74) is 1.18. The Morgan fingerprint density at radius 2 is 1.66 bits per heavy atom. The third-order valence-corrected chi connectivity index (χ3v) is 5.92. The van der Waals surface area contributed by atoms with Gasteiger partial charge in [0.15, 0.2) is 11.5 Å². The number of ether oxygens (including phenoxy) is 4. The Kier molecular flexibility index (Phi) is 7.60. The molecule has 0 radical (unpaired) electrons. The first kappa shape index (κ1) is 23.4. The highest BCUT2D eigenvalue weighted by molar-refractivity contribution is 8.26. The van der Waals surface area contributed by atoms with E-state index in [0.717, 1.165) is 11.8 Å². The van der Waals surface area contributed by atoms with Gasteiger partial charge in [-0.15, -0.1) is 0 Å². The number of para-hydroxylation sites is 2. The fourth-order valence-corrected chi connectivity index (χ4v) is 4.31. The molecule has 32 heavy (non-hydrogen) atoms. The summed E-state index contributed by atoms with van der Waals surface area (Å²) in [5, 5.41) is 2.74. The molecular formula is C22H22N2O6S2. The van der Waals surface area contributed by atoms with Crippen LogP contribution < -0.4 is 24.3 Å². The molecule has 1 heterocycles. The number of hydrogen-bond donors (Lipinski definition) is 1. The molecule has 2 aromatic carbocycles. The first-order chi connectivity index (χ1) is 15.4. The summed E-state index contributed by atoms with van der Waals surface area (Å²) in [5.74, 6) is 1.15. The van der Waals surface area contributed by atoms with Crippen LogP contribution in [0.5, 0.6) is 23.0 Å². The molecule has 1 N–H and O–H groups in total. The second kappa shape index (κ2) is 10.4. The second-order valence-corrected chi connectivity index (χ2v) is 8.15. The molecule has 0 bridgehead atoms. The molecule has 0 saturated carbocycles. The topological polar surface area (TPSA) is 86.3 Å². The van der Waals surface area contributed by atoms with E-state index in [1.807, 2.05) is 0 Å². The van der Waals surface area contributed by atoms with Crippen molar-refractivity contribution >= 4 is 51.9 Å². The molecule has 2 aromatic rings. The number of hydrogen-bond acceptors (Lipinski definition) is 8. The number of amides is 2. The molecule has 1 fully saturated rings. The van der Waals surface area contributed by atoms with Gasteiger partial charge in [-0.25, -0.2) is 0 Å². The Hall–Kier alpha value is -3.24. The molecule has 10 heteroatoms. The molecule has 168 valence electrons.